The van der Waals surface area contributed by atoms with Crippen molar-refractivity contribution >= 4 is 32.5 Å². The molecule has 0 aliphatic rings. The Labute approximate surface area is 107 Å². The predicted octanol–water partition coefficient (Wildman–Crippen LogP) is 3.18. The molecule has 0 N–H and O–H groups in total. The molecule has 0 spiro atoms. The number of ketones is 1. The Hall–Kier alpha value is -0.480. The van der Waals surface area contributed by atoms with E-state index in [0.717, 1.165) is 17.3 Å². The van der Waals surface area contributed by atoms with E-state index in [1.807, 2.05) is 25.1 Å². The average molecular weight is 303 g/mol. The van der Waals surface area contributed by atoms with Gasteiger partial charge >= 0.3 is 0 Å². The summed E-state index contributed by atoms with van der Waals surface area (Å²) in [5.74, 6) is 0.692. The van der Waals surface area contributed by atoms with E-state index in [-0.39, 0.29) is 11.5 Å². The lowest BCUT2D eigenvalue weighted by molar-refractivity contribution is 0.102. The molecule has 0 heterocycles. The number of unbranched alkanes of at least 4 members (excludes halogenated alkanes) is 1. The first-order valence-corrected chi connectivity index (χ1v) is 7.56. The topological polar surface area (TPSA) is 34.1 Å². The van der Waals surface area contributed by atoms with Crippen LogP contribution in [0.5, 0.6) is 0 Å². The van der Waals surface area contributed by atoms with Crippen LogP contribution in [-0.2, 0) is 10.8 Å². The molecule has 0 bridgehead atoms. The largest absolute Gasteiger partial charge is 0.293 e. The first-order valence-electron chi connectivity index (χ1n) is 5.28. The fraction of sp³-hybridized carbons (Fsp3) is 0.417. The molecule has 0 radical (unpaired) electrons. The summed E-state index contributed by atoms with van der Waals surface area (Å²) < 4.78 is 12.3. The molecule has 16 heavy (non-hydrogen) atoms. The number of halogens is 1. The summed E-state index contributed by atoms with van der Waals surface area (Å²) >= 11 is 3.32. The number of benzene rings is 1. The zero-order chi connectivity index (χ0) is 12.0. The summed E-state index contributed by atoms with van der Waals surface area (Å²) in [5, 5.41) is 0. The van der Waals surface area contributed by atoms with Crippen molar-refractivity contribution in [1.82, 2.24) is 0 Å². The Morgan fingerprint density at radius 2 is 2.06 bits per heavy atom. The van der Waals surface area contributed by atoms with E-state index in [1.165, 1.54) is 0 Å². The number of hydrogen-bond acceptors (Lipinski definition) is 2. The molecule has 1 rings (SSSR count). The quantitative estimate of drug-likeness (QED) is 0.756. The molecule has 0 aromatic heterocycles. The molecule has 0 aliphatic heterocycles. The van der Waals surface area contributed by atoms with Gasteiger partial charge in [-0.1, -0.05) is 47.5 Å². The van der Waals surface area contributed by atoms with Crippen LogP contribution < -0.4 is 0 Å². The molecule has 1 aromatic carbocycles. The highest BCUT2D eigenvalue weighted by Gasteiger charge is 2.12. The van der Waals surface area contributed by atoms with Crippen molar-refractivity contribution in [3.63, 3.8) is 0 Å². The normalized spacial score (nSPS) is 12.4. The van der Waals surface area contributed by atoms with Gasteiger partial charge in [0.05, 0.1) is 5.75 Å². The van der Waals surface area contributed by atoms with E-state index in [2.05, 4.69) is 15.9 Å². The van der Waals surface area contributed by atoms with Crippen molar-refractivity contribution in [3.05, 3.63) is 34.3 Å². The maximum Gasteiger partial charge on any atom is 0.176 e. The minimum Gasteiger partial charge on any atom is -0.293 e. The molecule has 0 fully saturated rings. The van der Waals surface area contributed by atoms with Gasteiger partial charge in [-0.3, -0.25) is 9.00 Å². The van der Waals surface area contributed by atoms with Crippen LogP contribution in [0.15, 0.2) is 28.7 Å². The van der Waals surface area contributed by atoms with Crippen molar-refractivity contribution in [3.8, 4) is 0 Å². The summed E-state index contributed by atoms with van der Waals surface area (Å²) in [5.41, 5.74) is 0.618. The third kappa shape index (κ3) is 4.18. The maximum atomic E-state index is 11.8. The summed E-state index contributed by atoms with van der Waals surface area (Å²) in [6.45, 7) is 2.05. The first kappa shape index (κ1) is 13.6. The molecule has 0 saturated heterocycles. The Bertz CT molecular complexity index is 390. The van der Waals surface area contributed by atoms with Gasteiger partial charge in [0.2, 0.25) is 0 Å². The number of rotatable bonds is 6. The second kappa shape index (κ2) is 6.97. The monoisotopic (exact) mass is 302 g/mol. The molecule has 0 amide bonds. The van der Waals surface area contributed by atoms with Crippen LogP contribution in [0.3, 0.4) is 0 Å². The van der Waals surface area contributed by atoms with Crippen molar-refractivity contribution < 1.29 is 9.00 Å². The van der Waals surface area contributed by atoms with Crippen LogP contribution >= 0.6 is 15.9 Å². The maximum absolute atomic E-state index is 11.8. The standard InChI is InChI=1S/C12H15BrO2S/c1-2-3-8-16(15)9-12(14)10-6-4-5-7-11(10)13/h4-7H,2-3,8-9H2,1H3. The summed E-state index contributed by atoms with van der Waals surface area (Å²) in [4.78, 5) is 11.8. The highest BCUT2D eigenvalue weighted by atomic mass is 79.9. The zero-order valence-electron chi connectivity index (χ0n) is 9.24. The molecular weight excluding hydrogens is 288 g/mol. The Kier molecular flexibility index (Phi) is 5.91. The van der Waals surface area contributed by atoms with Crippen molar-refractivity contribution in [2.75, 3.05) is 11.5 Å². The number of carbonyl (C=O) groups excluding carboxylic acids is 1. The summed E-state index contributed by atoms with van der Waals surface area (Å²) in [7, 11) is -1.03. The molecule has 4 heteroatoms. The lowest BCUT2D eigenvalue weighted by Crippen LogP contribution is -2.13. The molecule has 88 valence electrons. The van der Waals surface area contributed by atoms with Gasteiger partial charge < -0.3 is 0 Å². The van der Waals surface area contributed by atoms with Gasteiger partial charge in [0.25, 0.3) is 0 Å². The van der Waals surface area contributed by atoms with E-state index in [4.69, 9.17) is 0 Å². The smallest absolute Gasteiger partial charge is 0.176 e. The van der Waals surface area contributed by atoms with Crippen LogP contribution in [0.25, 0.3) is 0 Å². The summed E-state index contributed by atoms with van der Waals surface area (Å²) in [6, 6.07) is 7.24. The predicted molar refractivity (Wildman–Crippen MR) is 71.3 cm³/mol. The number of Topliss-reactive ketones (excluding diaryl/α,β-unsaturated/α-hetero) is 1. The second-order valence-electron chi connectivity index (χ2n) is 3.54. The van der Waals surface area contributed by atoms with Gasteiger partial charge in [-0.15, -0.1) is 0 Å². The van der Waals surface area contributed by atoms with Crippen LogP contribution in [0.4, 0.5) is 0 Å². The van der Waals surface area contributed by atoms with Gasteiger partial charge in [0.15, 0.2) is 5.78 Å². The highest BCUT2D eigenvalue weighted by molar-refractivity contribution is 9.10. The lowest BCUT2D eigenvalue weighted by atomic mass is 10.1. The molecule has 0 saturated carbocycles. The Morgan fingerprint density at radius 3 is 2.69 bits per heavy atom. The van der Waals surface area contributed by atoms with Gasteiger partial charge in [0.1, 0.15) is 0 Å². The minimum atomic E-state index is -1.03. The van der Waals surface area contributed by atoms with Crippen molar-refractivity contribution in [2.45, 2.75) is 19.8 Å². The van der Waals surface area contributed by atoms with Gasteiger partial charge in [-0.25, -0.2) is 0 Å². The number of carbonyl (C=O) groups is 1. The van der Waals surface area contributed by atoms with E-state index >= 15 is 0 Å². The number of hydrogen-bond donors (Lipinski definition) is 0. The van der Waals surface area contributed by atoms with Gasteiger partial charge in [0, 0.05) is 26.6 Å². The van der Waals surface area contributed by atoms with Crippen LogP contribution in [0, 0.1) is 0 Å². The fourth-order valence-electron chi connectivity index (χ4n) is 1.29. The average Bonchev–Trinajstić information content (AvgIpc) is 2.26. The van der Waals surface area contributed by atoms with E-state index in [9.17, 15) is 9.00 Å². The molecule has 1 aromatic rings. The van der Waals surface area contributed by atoms with Crippen LogP contribution in [0.2, 0.25) is 0 Å². The van der Waals surface area contributed by atoms with Gasteiger partial charge in [-0.2, -0.15) is 0 Å². The van der Waals surface area contributed by atoms with Crippen molar-refractivity contribution in [2.24, 2.45) is 0 Å². The lowest BCUT2D eigenvalue weighted by Gasteiger charge is -2.03. The highest BCUT2D eigenvalue weighted by Crippen LogP contribution is 2.16. The van der Waals surface area contributed by atoms with Crippen LogP contribution in [-0.4, -0.2) is 21.5 Å². The van der Waals surface area contributed by atoms with Crippen LogP contribution in [0.1, 0.15) is 30.1 Å². The van der Waals surface area contributed by atoms with Crippen molar-refractivity contribution in [1.29, 1.82) is 0 Å². The third-order valence-corrected chi connectivity index (χ3v) is 4.21. The van der Waals surface area contributed by atoms with E-state index in [1.54, 1.807) is 6.07 Å². The Morgan fingerprint density at radius 1 is 1.38 bits per heavy atom. The Balaban J connectivity index is 2.59. The third-order valence-electron chi connectivity index (χ3n) is 2.19. The van der Waals surface area contributed by atoms with E-state index < -0.39 is 10.8 Å². The minimum absolute atomic E-state index is 0.0538. The fourth-order valence-corrected chi connectivity index (χ4v) is 3.00. The molecular formula is C12H15BrO2S. The van der Waals surface area contributed by atoms with E-state index in [0.29, 0.717) is 11.3 Å². The summed E-state index contributed by atoms with van der Waals surface area (Å²) in [6.07, 6.45) is 1.92. The second-order valence-corrected chi connectivity index (χ2v) is 5.98. The molecule has 0 aliphatic carbocycles. The van der Waals surface area contributed by atoms with Gasteiger partial charge in [-0.05, 0) is 12.5 Å². The molecule has 1 atom stereocenters. The zero-order valence-corrected chi connectivity index (χ0v) is 11.6. The first-order chi connectivity index (χ1) is 7.65. The SMILES string of the molecule is CCCCS(=O)CC(=O)c1ccccc1Br. The molecule has 2 nitrogen and oxygen atoms in total. The molecule has 1 unspecified atom stereocenters.